The van der Waals surface area contributed by atoms with Crippen LogP contribution < -0.4 is 5.32 Å². The Labute approximate surface area is 265 Å². The number of carboxylic acids is 1. The molecule has 0 saturated carbocycles. The Balaban J connectivity index is 1.32. The van der Waals surface area contributed by atoms with Crippen LogP contribution in [0.1, 0.15) is 67.3 Å². The van der Waals surface area contributed by atoms with Crippen molar-refractivity contribution in [2.75, 3.05) is 26.8 Å². The smallest absolute Gasteiger partial charge is 0.303 e. The molecule has 3 aromatic carbocycles. The maximum absolute atomic E-state index is 12.0. The highest BCUT2D eigenvalue weighted by Crippen LogP contribution is 2.42. The summed E-state index contributed by atoms with van der Waals surface area (Å²) in [5.41, 5.74) is 5.83. The first-order chi connectivity index (χ1) is 21.8. The van der Waals surface area contributed by atoms with Crippen LogP contribution in [0.4, 0.5) is 0 Å². The Hall–Kier alpha value is -3.60. The Bertz CT molecular complexity index is 1410. The number of methoxy groups -OCH3 is 1. The minimum atomic E-state index is -0.987. The van der Waals surface area contributed by atoms with Crippen molar-refractivity contribution in [2.24, 2.45) is 5.92 Å². The zero-order valence-corrected chi connectivity index (χ0v) is 26.1. The van der Waals surface area contributed by atoms with Crippen LogP contribution in [-0.4, -0.2) is 65.9 Å². The van der Waals surface area contributed by atoms with E-state index in [0.29, 0.717) is 19.2 Å². The average molecular weight is 617 g/mol. The van der Waals surface area contributed by atoms with Crippen LogP contribution in [0.5, 0.6) is 0 Å². The molecule has 0 spiro atoms. The second-order valence-corrected chi connectivity index (χ2v) is 12.1. The van der Waals surface area contributed by atoms with Gasteiger partial charge < -0.3 is 29.7 Å². The minimum Gasteiger partial charge on any atom is -0.481 e. The molecule has 240 valence electrons. The van der Waals surface area contributed by atoms with E-state index in [4.69, 9.17) is 19.3 Å². The summed E-state index contributed by atoms with van der Waals surface area (Å²) >= 11 is 0. The van der Waals surface area contributed by atoms with E-state index in [1.807, 2.05) is 60.7 Å². The lowest BCUT2D eigenvalue weighted by molar-refractivity contribution is -0.276. The maximum atomic E-state index is 12.0. The van der Waals surface area contributed by atoms with Gasteiger partial charge in [0.15, 0.2) is 6.29 Å². The molecule has 2 heterocycles. The standard InChI is InChI=1S/C36H44N2O7/c1-24-32(21-38-18-4-7-31(38)23-43-2)44-36(45-35(24)28-10-8-25(22-39)9-11-28)29-14-12-27(13-15-29)30-6-3-5-26(19-30)20-37-33(40)16-17-34(41)42/h3,5-6,8-15,19,24,31-32,35-36,39H,4,7,16-18,20-23H2,1-2H3,(H,37,40)(H,41,42)/t24-,31-,32+,35+,36+/m0/s1. The number of carboxylic acid groups (broad SMARTS) is 1. The Morgan fingerprint density at radius 2 is 1.71 bits per heavy atom. The molecule has 0 radical (unpaired) electrons. The first-order valence-corrected chi connectivity index (χ1v) is 15.8. The molecule has 3 N–H and O–H groups in total. The SMILES string of the molecule is COC[C@@H]1CCCN1C[C@H]1O[C@@H](c2ccc(-c3cccc(CNC(=O)CCC(=O)O)c3)cc2)O[C@@H](c2ccc(CO)cc2)[C@H]1C. The van der Waals surface area contributed by atoms with Gasteiger partial charge in [-0.25, -0.2) is 0 Å². The number of ether oxygens (including phenoxy) is 3. The predicted octanol–water partition coefficient (Wildman–Crippen LogP) is 5.23. The third kappa shape index (κ3) is 8.56. The fourth-order valence-corrected chi connectivity index (χ4v) is 6.28. The van der Waals surface area contributed by atoms with Gasteiger partial charge in [0, 0.05) is 44.1 Å². The minimum absolute atomic E-state index is 0.00223. The van der Waals surface area contributed by atoms with Gasteiger partial charge >= 0.3 is 5.97 Å². The molecule has 0 unspecified atom stereocenters. The number of carbonyl (C=O) groups excluding carboxylic acids is 1. The number of nitrogens with one attached hydrogen (secondary N) is 1. The molecule has 2 saturated heterocycles. The van der Waals surface area contributed by atoms with Crippen LogP contribution in [0.15, 0.2) is 72.8 Å². The van der Waals surface area contributed by atoms with Gasteiger partial charge in [-0.2, -0.15) is 0 Å². The van der Waals surface area contributed by atoms with Gasteiger partial charge in [0.05, 0.1) is 31.8 Å². The van der Waals surface area contributed by atoms with E-state index in [9.17, 15) is 14.7 Å². The van der Waals surface area contributed by atoms with Crippen LogP contribution in [0, 0.1) is 5.92 Å². The van der Waals surface area contributed by atoms with Crippen molar-refractivity contribution < 1.29 is 34.0 Å². The van der Waals surface area contributed by atoms with Crippen molar-refractivity contribution in [2.45, 2.75) is 70.3 Å². The topological polar surface area (TPSA) is 118 Å². The van der Waals surface area contributed by atoms with Crippen LogP contribution in [0.2, 0.25) is 0 Å². The molecule has 5 rings (SSSR count). The highest BCUT2D eigenvalue weighted by atomic mass is 16.7. The van der Waals surface area contributed by atoms with Crippen molar-refractivity contribution in [1.29, 1.82) is 0 Å². The summed E-state index contributed by atoms with van der Waals surface area (Å²) in [7, 11) is 1.76. The number of aliphatic hydroxyl groups is 1. The lowest BCUT2D eigenvalue weighted by atomic mass is 9.89. The third-order valence-corrected chi connectivity index (χ3v) is 8.89. The summed E-state index contributed by atoms with van der Waals surface area (Å²) < 4.78 is 18.9. The average Bonchev–Trinajstić information content (AvgIpc) is 3.50. The number of rotatable bonds is 13. The molecule has 0 aromatic heterocycles. The van der Waals surface area contributed by atoms with E-state index in [1.54, 1.807) is 7.11 Å². The summed E-state index contributed by atoms with van der Waals surface area (Å²) in [6, 6.07) is 24.5. The molecule has 1 amide bonds. The van der Waals surface area contributed by atoms with Crippen LogP contribution in [0.3, 0.4) is 0 Å². The van der Waals surface area contributed by atoms with Crippen LogP contribution in [0.25, 0.3) is 11.1 Å². The molecule has 2 aliphatic heterocycles. The second-order valence-electron chi connectivity index (χ2n) is 12.1. The van der Waals surface area contributed by atoms with Crippen LogP contribution >= 0.6 is 0 Å². The molecule has 2 aliphatic rings. The number of amides is 1. The fourth-order valence-electron chi connectivity index (χ4n) is 6.28. The highest BCUT2D eigenvalue weighted by molar-refractivity contribution is 5.80. The summed E-state index contributed by atoms with van der Waals surface area (Å²) in [6.07, 6.45) is 1.29. The Morgan fingerprint density at radius 3 is 2.42 bits per heavy atom. The Morgan fingerprint density at radius 1 is 0.956 bits per heavy atom. The maximum Gasteiger partial charge on any atom is 0.303 e. The lowest BCUT2D eigenvalue weighted by Gasteiger charge is -2.43. The lowest BCUT2D eigenvalue weighted by Crippen LogP contribution is -2.46. The van der Waals surface area contributed by atoms with Crippen molar-refractivity contribution >= 4 is 11.9 Å². The largest absolute Gasteiger partial charge is 0.481 e. The monoisotopic (exact) mass is 616 g/mol. The van der Waals surface area contributed by atoms with Crippen LogP contribution in [-0.2, 0) is 37.0 Å². The summed E-state index contributed by atoms with van der Waals surface area (Å²) in [6.45, 7) is 5.07. The van der Waals surface area contributed by atoms with Gasteiger partial charge in [0.1, 0.15) is 0 Å². The number of benzene rings is 3. The van der Waals surface area contributed by atoms with Crippen molar-refractivity contribution in [3.05, 3.63) is 95.1 Å². The number of likely N-dealkylation sites (tertiary alicyclic amines) is 1. The first kappa shape index (κ1) is 32.8. The zero-order chi connectivity index (χ0) is 31.8. The fraction of sp³-hybridized carbons (Fsp3) is 0.444. The van der Waals surface area contributed by atoms with Crippen molar-refractivity contribution in [3.63, 3.8) is 0 Å². The number of aliphatic carboxylic acids is 1. The highest BCUT2D eigenvalue weighted by Gasteiger charge is 2.40. The van der Waals surface area contributed by atoms with E-state index in [0.717, 1.165) is 59.3 Å². The van der Waals surface area contributed by atoms with Gasteiger partial charge in [-0.1, -0.05) is 73.7 Å². The van der Waals surface area contributed by atoms with Gasteiger partial charge in [-0.15, -0.1) is 0 Å². The zero-order valence-electron chi connectivity index (χ0n) is 26.1. The molecule has 3 aromatic rings. The summed E-state index contributed by atoms with van der Waals surface area (Å²) in [5, 5.41) is 21.1. The van der Waals surface area contributed by atoms with E-state index in [1.165, 1.54) is 0 Å². The molecule has 5 atom stereocenters. The molecular formula is C36H44N2O7. The van der Waals surface area contributed by atoms with Crippen molar-refractivity contribution in [1.82, 2.24) is 10.2 Å². The summed E-state index contributed by atoms with van der Waals surface area (Å²) in [5.74, 6) is -1.16. The second kappa shape index (κ2) is 15.6. The first-order valence-electron chi connectivity index (χ1n) is 15.8. The molecule has 45 heavy (non-hydrogen) atoms. The van der Waals surface area contributed by atoms with Gasteiger partial charge in [0.2, 0.25) is 5.91 Å². The number of hydrogen-bond acceptors (Lipinski definition) is 7. The Kier molecular flexibility index (Phi) is 11.4. The predicted molar refractivity (Wildman–Crippen MR) is 170 cm³/mol. The number of nitrogens with zero attached hydrogens (tertiary/aromatic N) is 1. The molecule has 0 bridgehead atoms. The number of carbonyl (C=O) groups is 2. The van der Waals surface area contributed by atoms with Gasteiger partial charge in [0.25, 0.3) is 0 Å². The van der Waals surface area contributed by atoms with E-state index in [-0.39, 0.29) is 43.5 Å². The quantitative estimate of drug-likeness (QED) is 0.239. The third-order valence-electron chi connectivity index (χ3n) is 8.89. The molecule has 9 heteroatoms. The number of aliphatic hydroxyl groups excluding tert-OH is 1. The van der Waals surface area contributed by atoms with Crippen molar-refractivity contribution in [3.8, 4) is 11.1 Å². The normalized spacial score (nSPS) is 23.6. The van der Waals surface area contributed by atoms with E-state index < -0.39 is 12.3 Å². The molecule has 0 aliphatic carbocycles. The molecular weight excluding hydrogens is 572 g/mol. The summed E-state index contributed by atoms with van der Waals surface area (Å²) in [4.78, 5) is 25.2. The molecule has 9 nitrogen and oxygen atoms in total. The van der Waals surface area contributed by atoms with E-state index >= 15 is 0 Å². The van der Waals surface area contributed by atoms with Gasteiger partial charge in [-0.3, -0.25) is 14.5 Å². The van der Waals surface area contributed by atoms with Gasteiger partial charge in [-0.05, 0) is 53.3 Å². The molecule has 2 fully saturated rings. The number of hydrogen-bond donors (Lipinski definition) is 3. The van der Waals surface area contributed by atoms with E-state index in [2.05, 4.69) is 29.3 Å².